The van der Waals surface area contributed by atoms with E-state index < -0.39 is 13.9 Å². The van der Waals surface area contributed by atoms with Crippen molar-refractivity contribution in [2.75, 3.05) is 0 Å². The van der Waals surface area contributed by atoms with Crippen LogP contribution < -0.4 is 0 Å². The molecular weight excluding hydrogens is 408 g/mol. The Morgan fingerprint density at radius 3 is 1.42 bits per heavy atom. The molecule has 0 heterocycles. The van der Waals surface area contributed by atoms with Crippen molar-refractivity contribution in [3.8, 4) is 6.07 Å². The van der Waals surface area contributed by atoms with Crippen LogP contribution in [0.3, 0.4) is 0 Å². The molecule has 0 fully saturated rings. The van der Waals surface area contributed by atoms with E-state index in [0.29, 0.717) is 22.6 Å². The summed E-state index contributed by atoms with van der Waals surface area (Å²) in [5.41, 5.74) is 2.18. The summed E-state index contributed by atoms with van der Waals surface area (Å²) in [5.74, 6) is 0. The average Bonchev–Trinajstić information content (AvgIpc) is 3.28. The Bertz CT molecular complexity index is 666. The van der Waals surface area contributed by atoms with Gasteiger partial charge in [0.1, 0.15) is 0 Å². The molecule has 0 aromatic rings. The first kappa shape index (κ1) is 29.8. The molecule has 5 nitrogen and oxygen atoms in total. The van der Waals surface area contributed by atoms with E-state index in [0.717, 1.165) is 0 Å². The van der Waals surface area contributed by atoms with Crippen molar-refractivity contribution < 1.29 is 19.8 Å². The third-order valence-electron chi connectivity index (χ3n) is 6.86. The summed E-state index contributed by atoms with van der Waals surface area (Å²) in [6, 6.07) is 1.75. The van der Waals surface area contributed by atoms with Gasteiger partial charge < -0.3 is 15.1 Å². The van der Waals surface area contributed by atoms with Gasteiger partial charge in [-0.3, -0.25) is 0 Å². The Kier molecular flexibility index (Phi) is 11.7. The van der Waals surface area contributed by atoms with Crippen molar-refractivity contribution in [3.63, 3.8) is 0 Å². The first-order chi connectivity index (χ1) is 14.3. The summed E-state index contributed by atoms with van der Waals surface area (Å²) >= 11 is 0. The molecule has 0 spiro atoms. The maximum Gasteiger partial charge on any atom is 0.631 e. The minimum atomic E-state index is -2.51. The van der Waals surface area contributed by atoms with E-state index in [4.69, 9.17) is 25.1 Å². The molecule has 0 aromatic carbocycles. The molecule has 31 heavy (non-hydrogen) atoms. The van der Waals surface area contributed by atoms with Gasteiger partial charge >= 0.3 is 157 Å². The largest absolute Gasteiger partial charge is 0.631 e. The Hall–Kier alpha value is -1.22. The van der Waals surface area contributed by atoms with E-state index in [1.165, 1.54) is 6.92 Å². The minimum absolute atomic E-state index is 0.199. The Morgan fingerprint density at radius 2 is 1.16 bits per heavy atom. The number of hydrogen-bond acceptors (Lipinski definition) is 5. The van der Waals surface area contributed by atoms with Crippen molar-refractivity contribution >= 4 is 13.9 Å². The summed E-state index contributed by atoms with van der Waals surface area (Å²) in [5, 5.41) is 28.5. The number of allylic oxidation sites excluding steroid dienone is 6. The van der Waals surface area contributed by atoms with Crippen molar-refractivity contribution in [2.24, 2.45) is 0 Å². The monoisotopic (exact) mass is 451 g/mol. The van der Waals surface area contributed by atoms with Crippen molar-refractivity contribution in [3.05, 3.63) is 48.6 Å². The predicted octanol–water partition coefficient (Wildman–Crippen LogP) is 4.98. The maximum absolute atomic E-state index is 7.32. The van der Waals surface area contributed by atoms with E-state index in [-0.39, 0.29) is 11.4 Å². The molecule has 0 aromatic heterocycles. The van der Waals surface area contributed by atoms with E-state index in [1.54, 1.807) is 6.07 Å². The molecule has 3 N–H and O–H groups in total. The van der Waals surface area contributed by atoms with Crippen molar-refractivity contribution in [1.29, 1.82) is 5.26 Å². The number of nitriles is 1. The quantitative estimate of drug-likeness (QED) is 0.375. The molecule has 0 saturated heterocycles. The first-order valence-corrected chi connectivity index (χ1v) is 13.6. The second-order valence-corrected chi connectivity index (χ2v) is 16.4. The van der Waals surface area contributed by atoms with Gasteiger partial charge in [0.25, 0.3) is 0 Å². The van der Waals surface area contributed by atoms with Crippen LogP contribution in [-0.2, 0) is 4.74 Å². The Labute approximate surface area is 190 Å². The van der Waals surface area contributed by atoms with Crippen LogP contribution in [0, 0.1) is 11.3 Å². The van der Waals surface area contributed by atoms with Gasteiger partial charge in [0.15, 0.2) is 0 Å². The van der Waals surface area contributed by atoms with Crippen molar-refractivity contribution in [2.45, 2.75) is 96.4 Å². The van der Waals surface area contributed by atoms with E-state index in [9.17, 15) is 0 Å². The molecule has 2 aliphatic carbocycles. The van der Waals surface area contributed by atoms with Crippen LogP contribution in [0.15, 0.2) is 48.6 Å². The number of nitrogens with zero attached hydrogens (tertiary/aromatic N) is 1. The summed E-state index contributed by atoms with van der Waals surface area (Å²) in [4.78, 5) is 0. The zero-order valence-corrected chi connectivity index (χ0v) is 21.6. The number of hydrogen-bond donors (Lipinski definition) is 3. The zero-order chi connectivity index (χ0) is 24.5. The molecule has 0 atom stereocenters. The minimum Gasteiger partial charge on any atom is -0.402 e. The SMILES string of the molecule is CC#N.CC(C)OC1(P(C(C)C)(C(C)C)(C(C)C)C2C=CC=C2)C=CC=C1.OB(O)O. The molecule has 2 aliphatic rings. The molecule has 2 rings (SSSR count). The summed E-state index contributed by atoms with van der Waals surface area (Å²) in [6.07, 6.45) is 18.8. The first-order valence-electron chi connectivity index (χ1n) is 11.1. The van der Waals surface area contributed by atoms with Crippen LogP contribution in [0.25, 0.3) is 0 Å². The zero-order valence-electron chi connectivity index (χ0n) is 20.7. The molecule has 0 amide bonds. The van der Waals surface area contributed by atoms with Gasteiger partial charge in [-0.1, -0.05) is 0 Å². The molecule has 0 unspecified atom stereocenters. The fourth-order valence-electron chi connectivity index (χ4n) is 6.43. The fourth-order valence-corrected chi connectivity index (χ4v) is 17.2. The van der Waals surface area contributed by atoms with Gasteiger partial charge in [-0.05, 0) is 0 Å². The summed E-state index contributed by atoms with van der Waals surface area (Å²) in [6.45, 7) is 18.0. The summed E-state index contributed by atoms with van der Waals surface area (Å²) < 4.78 is 6.88. The molecule has 0 aliphatic heterocycles. The van der Waals surface area contributed by atoms with Gasteiger partial charge in [0, 0.05) is 6.92 Å². The van der Waals surface area contributed by atoms with Gasteiger partial charge in [-0.2, -0.15) is 5.26 Å². The second kappa shape index (κ2) is 12.1. The van der Waals surface area contributed by atoms with E-state index >= 15 is 0 Å². The van der Waals surface area contributed by atoms with Gasteiger partial charge in [-0.15, -0.1) is 0 Å². The Morgan fingerprint density at radius 1 is 0.839 bits per heavy atom. The predicted molar refractivity (Wildman–Crippen MR) is 135 cm³/mol. The topological polar surface area (TPSA) is 93.7 Å². The number of rotatable bonds is 7. The molecule has 0 bridgehead atoms. The standard InChI is InChI=1S/C22H37OP.C2H3N.BH3O3/c1-17(2)23-22(15-11-12-16-22)24(18(3)4,19(5)6,20(7)8)21-13-9-10-14-21;1-2-3;2-1(3)4/h9-21H,1-8H3;1H3;2-4H. The van der Waals surface area contributed by atoms with Crippen LogP contribution in [0.4, 0.5) is 0 Å². The maximum atomic E-state index is 7.32. The molecular formula is C24H43BNO4P. The number of ether oxygens (including phenoxy) is 1. The smallest absolute Gasteiger partial charge is 0.402 e. The van der Waals surface area contributed by atoms with Gasteiger partial charge in [-0.25, -0.2) is 0 Å². The fraction of sp³-hybridized carbons (Fsp3) is 0.625. The average molecular weight is 451 g/mol. The van der Waals surface area contributed by atoms with Crippen LogP contribution in [0.1, 0.15) is 62.3 Å². The van der Waals surface area contributed by atoms with Crippen LogP contribution in [-0.4, -0.2) is 56.5 Å². The molecule has 0 saturated carbocycles. The van der Waals surface area contributed by atoms with E-state index in [1.807, 2.05) is 0 Å². The molecule has 7 heteroatoms. The Balaban J connectivity index is 0.00000113. The van der Waals surface area contributed by atoms with Crippen molar-refractivity contribution in [1.82, 2.24) is 0 Å². The second-order valence-electron chi connectivity index (χ2n) is 9.16. The normalized spacial score (nSPS) is 18.0. The third-order valence-corrected chi connectivity index (χ3v) is 17.5. The van der Waals surface area contributed by atoms with Crippen LogP contribution >= 0.6 is 6.60 Å². The van der Waals surface area contributed by atoms with Gasteiger partial charge in [0.2, 0.25) is 0 Å². The van der Waals surface area contributed by atoms with E-state index in [2.05, 4.69) is 104 Å². The molecule has 0 radical (unpaired) electrons. The van der Waals surface area contributed by atoms with Gasteiger partial charge in [0.05, 0.1) is 6.07 Å². The van der Waals surface area contributed by atoms with Crippen LogP contribution in [0.5, 0.6) is 0 Å². The third kappa shape index (κ3) is 5.08. The summed E-state index contributed by atoms with van der Waals surface area (Å²) in [7, 11) is -2.17. The van der Waals surface area contributed by atoms with Crippen LogP contribution in [0.2, 0.25) is 0 Å². The molecule has 176 valence electrons.